The minimum absolute atomic E-state index is 0.00390. The summed E-state index contributed by atoms with van der Waals surface area (Å²) in [6.45, 7) is 5.95. The molecule has 2 heterocycles. The van der Waals surface area contributed by atoms with Crippen molar-refractivity contribution >= 4 is 41.4 Å². The maximum atomic E-state index is 13.7. The highest BCUT2D eigenvalue weighted by atomic mass is 32.1. The van der Waals surface area contributed by atoms with Gasteiger partial charge in [-0.3, -0.25) is 19.2 Å². The predicted octanol–water partition coefficient (Wildman–Crippen LogP) is 0.921. The number of carbonyl (C=O) groups excluding carboxylic acids is 4. The Bertz CT molecular complexity index is 1040. The van der Waals surface area contributed by atoms with Gasteiger partial charge < -0.3 is 35.0 Å². The monoisotopic (exact) mass is 611 g/mol. The number of hydrogen-bond donors (Lipinski definition) is 3. The number of rotatable bonds is 18. The molecule has 0 spiro atoms. The normalized spacial score (nSPS) is 19.2. The van der Waals surface area contributed by atoms with E-state index in [0.29, 0.717) is 31.5 Å². The Morgan fingerprint density at radius 1 is 1.26 bits per heavy atom. The molecular formula is C28H45N5O8S. The third-order valence-electron chi connectivity index (χ3n) is 8.15. The number of amides is 4. The largest absolute Gasteiger partial charge is 0.480 e. The highest BCUT2D eigenvalue weighted by molar-refractivity contribution is 7.07. The topological polar surface area (TPSA) is 167 Å². The number of thiazole rings is 1. The lowest BCUT2D eigenvalue weighted by atomic mass is 9.90. The first-order valence-electron chi connectivity index (χ1n) is 14.2. The van der Waals surface area contributed by atoms with Crippen LogP contribution in [0.1, 0.15) is 52.1 Å². The molecule has 7 unspecified atom stereocenters. The molecule has 2 rings (SSSR count). The third-order valence-corrected chi connectivity index (χ3v) is 8.79. The molecule has 0 aromatic carbocycles. The van der Waals surface area contributed by atoms with Crippen LogP contribution < -0.4 is 10.6 Å². The molecule has 0 aliphatic carbocycles. The van der Waals surface area contributed by atoms with Crippen LogP contribution in [0.15, 0.2) is 10.9 Å². The van der Waals surface area contributed by atoms with Gasteiger partial charge in [-0.25, -0.2) is 9.78 Å². The van der Waals surface area contributed by atoms with E-state index in [1.165, 1.54) is 30.5 Å². The number of aliphatic carboxylic acids is 1. The van der Waals surface area contributed by atoms with Crippen molar-refractivity contribution in [3.63, 3.8) is 0 Å². The van der Waals surface area contributed by atoms with E-state index in [1.807, 2.05) is 13.8 Å². The van der Waals surface area contributed by atoms with Crippen molar-refractivity contribution in [2.75, 3.05) is 34.4 Å². The van der Waals surface area contributed by atoms with Gasteiger partial charge in [-0.2, -0.15) is 0 Å². The van der Waals surface area contributed by atoms with E-state index >= 15 is 0 Å². The lowest BCUT2D eigenvalue weighted by molar-refractivity contribution is -0.146. The summed E-state index contributed by atoms with van der Waals surface area (Å²) < 4.78 is 11.5. The second kappa shape index (κ2) is 17.1. The fourth-order valence-corrected chi connectivity index (χ4v) is 6.20. The summed E-state index contributed by atoms with van der Waals surface area (Å²) in [7, 11) is 4.62. The van der Waals surface area contributed by atoms with Gasteiger partial charge in [-0.05, 0) is 18.8 Å². The van der Waals surface area contributed by atoms with Crippen molar-refractivity contribution in [3.05, 3.63) is 16.6 Å². The van der Waals surface area contributed by atoms with Gasteiger partial charge in [0.1, 0.15) is 6.04 Å². The fraction of sp³-hybridized carbons (Fsp3) is 0.714. The van der Waals surface area contributed by atoms with Crippen LogP contribution in [0.4, 0.5) is 0 Å². The Hall–Kier alpha value is -3.10. The number of carboxylic acid groups (broad SMARTS) is 1. The highest BCUT2D eigenvalue weighted by Crippen LogP contribution is 2.29. The lowest BCUT2D eigenvalue weighted by Gasteiger charge is -2.39. The number of carbonyl (C=O) groups is 5. The number of carboxylic acids is 1. The first-order valence-corrected chi connectivity index (χ1v) is 15.1. The average molecular weight is 612 g/mol. The van der Waals surface area contributed by atoms with Gasteiger partial charge in [0, 0.05) is 39.6 Å². The van der Waals surface area contributed by atoms with Crippen LogP contribution in [0.3, 0.4) is 0 Å². The number of nitrogens with zero attached hydrogens (tertiary/aromatic N) is 3. The van der Waals surface area contributed by atoms with Crippen LogP contribution in [0.25, 0.3) is 0 Å². The quantitative estimate of drug-likeness (QED) is 0.205. The molecule has 236 valence electrons. The first-order chi connectivity index (χ1) is 20.0. The van der Waals surface area contributed by atoms with E-state index in [1.54, 1.807) is 29.8 Å². The average Bonchev–Trinajstić information content (AvgIpc) is 3.67. The zero-order valence-corrected chi connectivity index (χ0v) is 26.1. The van der Waals surface area contributed by atoms with E-state index in [2.05, 4.69) is 15.6 Å². The van der Waals surface area contributed by atoms with Crippen LogP contribution in [0.2, 0.25) is 0 Å². The van der Waals surface area contributed by atoms with E-state index < -0.39 is 48.1 Å². The third kappa shape index (κ3) is 9.20. The molecule has 1 aliphatic rings. The molecule has 0 bridgehead atoms. The molecule has 42 heavy (non-hydrogen) atoms. The van der Waals surface area contributed by atoms with Crippen molar-refractivity contribution in [1.29, 1.82) is 0 Å². The SMILES string of the molecule is CCC(C)C(C(CC(=O)N1CCCC1C(OC)C(C)C(=O)NC(Cc1cscn1)C(=O)O)OC)N(C)C(=O)CNC=O. The first kappa shape index (κ1) is 35.1. The second-order valence-electron chi connectivity index (χ2n) is 10.7. The summed E-state index contributed by atoms with van der Waals surface area (Å²) in [6.07, 6.45) is 1.32. The smallest absolute Gasteiger partial charge is 0.326 e. The molecule has 1 aromatic heterocycles. The zero-order chi connectivity index (χ0) is 31.4. The molecule has 4 amide bonds. The minimum atomic E-state index is -1.16. The summed E-state index contributed by atoms with van der Waals surface area (Å²) in [5.41, 5.74) is 2.18. The second-order valence-corrected chi connectivity index (χ2v) is 11.4. The van der Waals surface area contributed by atoms with Crippen LogP contribution >= 0.6 is 11.3 Å². The molecule has 0 radical (unpaired) electrons. The molecule has 0 saturated carbocycles. The number of aromatic nitrogens is 1. The maximum Gasteiger partial charge on any atom is 0.326 e. The molecule has 1 aliphatic heterocycles. The van der Waals surface area contributed by atoms with Gasteiger partial charge in [0.15, 0.2) is 0 Å². The number of methoxy groups -OCH3 is 2. The van der Waals surface area contributed by atoms with Crippen LogP contribution in [-0.4, -0.2) is 115 Å². The Balaban J connectivity index is 2.17. The highest BCUT2D eigenvalue weighted by Gasteiger charge is 2.42. The summed E-state index contributed by atoms with van der Waals surface area (Å²) >= 11 is 1.34. The zero-order valence-electron chi connectivity index (χ0n) is 25.3. The molecule has 3 N–H and O–H groups in total. The van der Waals surface area contributed by atoms with E-state index in [4.69, 9.17) is 9.47 Å². The number of hydrogen-bond acceptors (Lipinski definition) is 9. The number of likely N-dealkylation sites (tertiary alicyclic amines) is 1. The fourth-order valence-electron chi connectivity index (χ4n) is 5.63. The van der Waals surface area contributed by atoms with E-state index in [9.17, 15) is 29.1 Å². The summed E-state index contributed by atoms with van der Waals surface area (Å²) in [5.74, 6) is -2.88. The van der Waals surface area contributed by atoms with Gasteiger partial charge in [0.05, 0.1) is 54.4 Å². The standard InChI is InChI=1S/C28H45N5O8S/c1-7-17(2)25(32(4)24(36)13-29-15-34)22(40-5)12-23(35)33-10-8-9-21(33)26(41-6)18(3)27(37)31-20(28(38)39)11-19-14-42-16-30-19/h14-18,20-22,25-26H,7-13H2,1-6H3,(H,29,34)(H,31,37)(H,38,39). The van der Waals surface area contributed by atoms with Crippen molar-refractivity contribution in [3.8, 4) is 0 Å². The van der Waals surface area contributed by atoms with E-state index in [-0.39, 0.29) is 37.1 Å². The molecule has 1 saturated heterocycles. The van der Waals surface area contributed by atoms with Crippen LogP contribution in [0.5, 0.6) is 0 Å². The number of ether oxygens (including phenoxy) is 2. The molecule has 1 fully saturated rings. The van der Waals surface area contributed by atoms with Crippen LogP contribution in [0, 0.1) is 11.8 Å². The van der Waals surface area contributed by atoms with Gasteiger partial charge in [0.25, 0.3) is 0 Å². The van der Waals surface area contributed by atoms with Crippen LogP contribution in [-0.2, 0) is 39.9 Å². The summed E-state index contributed by atoms with van der Waals surface area (Å²) in [6, 6.07) is -1.97. The Morgan fingerprint density at radius 3 is 2.52 bits per heavy atom. The van der Waals surface area contributed by atoms with Crippen molar-refractivity contribution in [2.24, 2.45) is 11.8 Å². The molecule has 13 nitrogen and oxygen atoms in total. The number of nitrogens with one attached hydrogen (secondary N) is 2. The maximum absolute atomic E-state index is 13.7. The van der Waals surface area contributed by atoms with Gasteiger partial charge in [-0.15, -0.1) is 11.3 Å². The van der Waals surface area contributed by atoms with Crippen molar-refractivity contribution in [1.82, 2.24) is 25.4 Å². The molecular weight excluding hydrogens is 566 g/mol. The lowest BCUT2D eigenvalue weighted by Crippen LogP contribution is -2.54. The number of likely N-dealkylation sites (N-methyl/N-ethyl adjacent to an activating group) is 1. The molecule has 7 atom stereocenters. The Labute approximate surface area is 251 Å². The van der Waals surface area contributed by atoms with Gasteiger partial charge >= 0.3 is 5.97 Å². The van der Waals surface area contributed by atoms with Crippen molar-refractivity contribution < 1.29 is 38.6 Å². The predicted molar refractivity (Wildman–Crippen MR) is 156 cm³/mol. The minimum Gasteiger partial charge on any atom is -0.480 e. The van der Waals surface area contributed by atoms with Gasteiger partial charge in [0.2, 0.25) is 24.1 Å². The molecule has 14 heteroatoms. The molecule has 1 aromatic rings. The van der Waals surface area contributed by atoms with Crippen molar-refractivity contribution in [2.45, 2.75) is 83.2 Å². The van der Waals surface area contributed by atoms with E-state index in [0.717, 1.165) is 6.42 Å². The Kier molecular flexibility index (Phi) is 14.3. The Morgan fingerprint density at radius 2 is 1.98 bits per heavy atom. The summed E-state index contributed by atoms with van der Waals surface area (Å²) in [4.78, 5) is 69.5. The van der Waals surface area contributed by atoms with Gasteiger partial charge in [-0.1, -0.05) is 27.2 Å². The summed E-state index contributed by atoms with van der Waals surface area (Å²) in [5, 5.41) is 16.4.